The maximum atomic E-state index is 6.31. The number of fused-ring (bicyclic) bond motifs is 8. The van der Waals surface area contributed by atoms with E-state index in [1.807, 2.05) is 12.1 Å². The molecule has 7 aromatic carbocycles. The summed E-state index contributed by atoms with van der Waals surface area (Å²) in [6.07, 6.45) is 2.36. The van der Waals surface area contributed by atoms with E-state index in [2.05, 4.69) is 206 Å². The molecule has 0 saturated heterocycles. The van der Waals surface area contributed by atoms with Crippen molar-refractivity contribution in [2.24, 2.45) is 0 Å². The minimum Gasteiger partial charge on any atom is -0.456 e. The molecule has 0 amide bonds. The van der Waals surface area contributed by atoms with Crippen LogP contribution in [0.4, 0.5) is 34.1 Å². The van der Waals surface area contributed by atoms with Gasteiger partial charge in [0.25, 0.3) is 6.71 Å². The number of rotatable bonds is 3. The van der Waals surface area contributed by atoms with Crippen LogP contribution in [0.15, 0.2) is 144 Å². The van der Waals surface area contributed by atoms with Gasteiger partial charge in [-0.15, -0.1) is 0 Å². The summed E-state index contributed by atoms with van der Waals surface area (Å²) >= 11 is 0. The van der Waals surface area contributed by atoms with E-state index in [9.17, 15) is 0 Å². The zero-order valence-electron chi connectivity index (χ0n) is 38.1. The number of para-hydroxylation sites is 1. The summed E-state index contributed by atoms with van der Waals surface area (Å²) in [5.41, 5.74) is 21.6. The highest BCUT2D eigenvalue weighted by Crippen LogP contribution is 2.50. The van der Waals surface area contributed by atoms with Crippen LogP contribution in [-0.4, -0.2) is 6.71 Å². The largest absolute Gasteiger partial charge is 0.456 e. The molecule has 0 unspecified atom stereocenters. The topological polar surface area (TPSA) is 19.6 Å². The van der Waals surface area contributed by atoms with Crippen LogP contribution in [0.2, 0.25) is 0 Å². The molecule has 308 valence electrons. The molecule has 1 aliphatic carbocycles. The Hall–Kier alpha value is -6.00. The predicted molar refractivity (Wildman–Crippen MR) is 266 cm³/mol. The molecule has 0 fully saturated rings. The molecule has 0 radical (unpaired) electrons. The lowest BCUT2D eigenvalue weighted by Crippen LogP contribution is -2.61. The molecule has 0 atom stereocenters. The second-order valence-electron chi connectivity index (χ2n) is 21.7. The van der Waals surface area contributed by atoms with Gasteiger partial charge in [0.1, 0.15) is 11.2 Å². The second kappa shape index (κ2) is 13.3. The lowest BCUT2D eigenvalue weighted by Gasteiger charge is -2.47. The van der Waals surface area contributed by atoms with E-state index in [1.54, 1.807) is 0 Å². The van der Waals surface area contributed by atoms with Gasteiger partial charge < -0.3 is 14.2 Å². The lowest BCUT2D eigenvalue weighted by atomic mass is 9.33. The Morgan fingerprint density at radius 1 is 0.468 bits per heavy atom. The molecule has 4 heteroatoms. The predicted octanol–water partition coefficient (Wildman–Crippen LogP) is 14.3. The molecule has 3 heterocycles. The van der Waals surface area contributed by atoms with Gasteiger partial charge in [-0.05, 0) is 151 Å². The highest BCUT2D eigenvalue weighted by molar-refractivity contribution is 7.00. The van der Waals surface area contributed by atoms with E-state index in [1.165, 1.54) is 85.5 Å². The first-order valence-corrected chi connectivity index (χ1v) is 22.7. The Bertz CT molecular complexity index is 3100. The molecule has 11 rings (SSSR count). The number of benzene rings is 7. The van der Waals surface area contributed by atoms with E-state index in [0.29, 0.717) is 0 Å². The summed E-state index contributed by atoms with van der Waals surface area (Å²) in [7, 11) is 0. The van der Waals surface area contributed by atoms with Crippen LogP contribution in [0.25, 0.3) is 33.1 Å². The van der Waals surface area contributed by atoms with Crippen LogP contribution < -0.4 is 26.2 Å². The molecular weight excluding hydrogens is 751 g/mol. The van der Waals surface area contributed by atoms with Gasteiger partial charge in [-0.2, -0.15) is 0 Å². The van der Waals surface area contributed by atoms with Crippen LogP contribution >= 0.6 is 0 Å². The minimum absolute atomic E-state index is 0.0167. The molecule has 0 saturated carbocycles. The van der Waals surface area contributed by atoms with Gasteiger partial charge in [-0.3, -0.25) is 0 Å². The summed E-state index contributed by atoms with van der Waals surface area (Å²) < 4.78 is 6.31. The van der Waals surface area contributed by atoms with Gasteiger partial charge in [0.15, 0.2) is 0 Å². The van der Waals surface area contributed by atoms with Crippen molar-refractivity contribution in [3.8, 4) is 11.1 Å². The van der Waals surface area contributed by atoms with Gasteiger partial charge in [0.2, 0.25) is 0 Å². The van der Waals surface area contributed by atoms with E-state index in [0.717, 1.165) is 33.2 Å². The molecule has 62 heavy (non-hydrogen) atoms. The van der Waals surface area contributed by atoms with Crippen LogP contribution in [0.1, 0.15) is 104 Å². The fourth-order valence-corrected chi connectivity index (χ4v) is 10.8. The van der Waals surface area contributed by atoms with Crippen molar-refractivity contribution in [3.05, 3.63) is 162 Å². The standard InChI is InChI=1S/C58H57BN2O/c1-55(2,3)38-21-26-41(27-22-38)61-49-16-13-15-48-54(49)59(47-34-44-45(35-51(47)61)58(9,10)31-30-57(44,7)8)46-29-23-39(56(4,5)6)33-50(46)60(48)40-24-18-36(19-25-40)37-20-28-43-42-14-11-12-17-52(42)62-53(43)32-37/h11-29,32-35H,30-31H2,1-10H3. The first kappa shape index (κ1) is 38.9. The van der Waals surface area contributed by atoms with Gasteiger partial charge in [-0.1, -0.05) is 142 Å². The molecule has 1 aromatic heterocycles. The van der Waals surface area contributed by atoms with Gasteiger partial charge in [-0.25, -0.2) is 0 Å². The Morgan fingerprint density at radius 3 is 1.66 bits per heavy atom. The molecule has 8 aromatic rings. The van der Waals surface area contributed by atoms with E-state index in [4.69, 9.17) is 4.42 Å². The number of anilines is 6. The van der Waals surface area contributed by atoms with Crippen molar-refractivity contribution in [1.82, 2.24) is 0 Å². The Balaban J connectivity index is 1.13. The van der Waals surface area contributed by atoms with Crippen molar-refractivity contribution in [2.75, 3.05) is 9.80 Å². The average Bonchev–Trinajstić information content (AvgIpc) is 3.62. The monoisotopic (exact) mass is 808 g/mol. The Morgan fingerprint density at radius 2 is 1.02 bits per heavy atom. The van der Waals surface area contributed by atoms with Crippen LogP contribution in [-0.2, 0) is 21.7 Å². The first-order chi connectivity index (χ1) is 29.5. The maximum absolute atomic E-state index is 6.31. The summed E-state index contributed by atoms with van der Waals surface area (Å²) in [5.74, 6) is 0. The first-order valence-electron chi connectivity index (χ1n) is 22.7. The summed E-state index contributed by atoms with van der Waals surface area (Å²) in [6.45, 7) is 23.8. The van der Waals surface area contributed by atoms with E-state index < -0.39 is 0 Å². The number of hydrogen-bond donors (Lipinski definition) is 0. The van der Waals surface area contributed by atoms with Crippen molar-refractivity contribution in [3.63, 3.8) is 0 Å². The summed E-state index contributed by atoms with van der Waals surface area (Å²) in [4.78, 5) is 5.13. The molecule has 0 spiro atoms. The molecule has 3 nitrogen and oxygen atoms in total. The summed E-state index contributed by atoms with van der Waals surface area (Å²) in [5, 5.41) is 2.31. The molecular formula is C58H57BN2O. The van der Waals surface area contributed by atoms with E-state index in [-0.39, 0.29) is 28.4 Å². The third kappa shape index (κ3) is 5.93. The van der Waals surface area contributed by atoms with Gasteiger partial charge >= 0.3 is 0 Å². The second-order valence-corrected chi connectivity index (χ2v) is 21.7. The summed E-state index contributed by atoms with van der Waals surface area (Å²) in [6, 6.07) is 53.1. The Labute approximate surface area is 368 Å². The van der Waals surface area contributed by atoms with Gasteiger partial charge in [0.05, 0.1) is 0 Å². The van der Waals surface area contributed by atoms with Crippen LogP contribution in [0, 0.1) is 0 Å². The highest BCUT2D eigenvalue weighted by Gasteiger charge is 2.46. The zero-order chi connectivity index (χ0) is 43.1. The van der Waals surface area contributed by atoms with Crippen LogP contribution in [0.5, 0.6) is 0 Å². The number of furan rings is 1. The molecule has 3 aliphatic rings. The highest BCUT2D eigenvalue weighted by atomic mass is 16.3. The zero-order valence-corrected chi connectivity index (χ0v) is 38.1. The fraction of sp³-hybridized carbons (Fsp3) is 0.276. The third-order valence-corrected chi connectivity index (χ3v) is 14.7. The van der Waals surface area contributed by atoms with E-state index >= 15 is 0 Å². The normalized spacial score (nSPS) is 16.3. The minimum atomic E-state index is -0.0167. The average molecular weight is 809 g/mol. The van der Waals surface area contributed by atoms with Crippen molar-refractivity contribution >= 4 is 79.2 Å². The quantitative estimate of drug-likeness (QED) is 0.166. The lowest BCUT2D eigenvalue weighted by molar-refractivity contribution is 0.332. The van der Waals surface area contributed by atoms with Crippen LogP contribution in [0.3, 0.4) is 0 Å². The SMILES string of the molecule is CC(C)(C)c1ccc(N2c3cc4c(cc3B3c5ccc(C(C)(C)C)cc5N(c5ccc(-c6ccc7c(c6)oc6ccccc67)cc5)c5cccc2c53)C(C)(C)CCC4(C)C)cc1. The Kier molecular flexibility index (Phi) is 8.32. The molecule has 0 N–H and O–H groups in total. The fourth-order valence-electron chi connectivity index (χ4n) is 10.8. The number of nitrogens with zero attached hydrogens (tertiary/aromatic N) is 2. The number of hydrogen-bond acceptors (Lipinski definition) is 3. The smallest absolute Gasteiger partial charge is 0.252 e. The van der Waals surface area contributed by atoms with Crippen molar-refractivity contribution in [1.29, 1.82) is 0 Å². The third-order valence-electron chi connectivity index (χ3n) is 14.7. The van der Waals surface area contributed by atoms with Gasteiger partial charge in [0, 0.05) is 44.9 Å². The molecule has 0 bridgehead atoms. The molecule has 2 aliphatic heterocycles. The van der Waals surface area contributed by atoms with Crippen molar-refractivity contribution in [2.45, 2.75) is 104 Å². The van der Waals surface area contributed by atoms with Crippen molar-refractivity contribution < 1.29 is 4.42 Å². The maximum Gasteiger partial charge on any atom is 0.252 e.